The number of anilines is 1. The van der Waals surface area contributed by atoms with Gasteiger partial charge in [0.1, 0.15) is 0 Å². The summed E-state index contributed by atoms with van der Waals surface area (Å²) >= 11 is 0. The molecule has 0 saturated carbocycles. The van der Waals surface area contributed by atoms with E-state index in [-0.39, 0.29) is 42.0 Å². The van der Waals surface area contributed by atoms with Crippen LogP contribution in [0.2, 0.25) is 0 Å². The molecule has 1 aliphatic rings. The van der Waals surface area contributed by atoms with Crippen molar-refractivity contribution in [3.63, 3.8) is 0 Å². The highest BCUT2D eigenvalue weighted by molar-refractivity contribution is 14.0. The summed E-state index contributed by atoms with van der Waals surface area (Å²) in [4.78, 5) is 16.4. The van der Waals surface area contributed by atoms with E-state index < -0.39 is 11.9 Å². The van der Waals surface area contributed by atoms with Crippen molar-refractivity contribution in [2.75, 3.05) is 31.1 Å². The molecule has 0 amide bonds. The Morgan fingerprint density at radius 2 is 1.81 bits per heavy atom. The minimum atomic E-state index is -4.51. The molecule has 0 bridgehead atoms. The minimum Gasteiger partial charge on any atom is -0.370 e. The number of aliphatic imine (C=N–C) groups is 1. The van der Waals surface area contributed by atoms with Crippen molar-refractivity contribution in [2.24, 2.45) is 17.8 Å². The van der Waals surface area contributed by atoms with E-state index in [1.54, 1.807) is 18.5 Å². The smallest absolute Gasteiger partial charge is 0.370 e. The molecule has 2 aromatic heterocycles. The van der Waals surface area contributed by atoms with Crippen LogP contribution in [0.1, 0.15) is 11.3 Å². The van der Waals surface area contributed by atoms with Gasteiger partial charge < -0.3 is 15.5 Å². The molecule has 1 fully saturated rings. The Hall–Kier alpha value is -2.12. The van der Waals surface area contributed by atoms with Crippen LogP contribution in [-0.2, 0) is 19.8 Å². The molecule has 0 unspecified atom stereocenters. The number of hydrogen-bond donors (Lipinski definition) is 1. The zero-order valence-electron chi connectivity index (χ0n) is 14.6. The second kappa shape index (κ2) is 8.71. The summed E-state index contributed by atoms with van der Waals surface area (Å²) in [7, 11) is 1.44. The first kappa shape index (κ1) is 21.2. The largest absolute Gasteiger partial charge is 0.435 e. The lowest BCUT2D eigenvalue weighted by Gasteiger charge is -2.35. The van der Waals surface area contributed by atoms with Crippen molar-refractivity contribution in [3.05, 3.63) is 35.9 Å². The Labute approximate surface area is 171 Å². The first-order valence-electron chi connectivity index (χ1n) is 8.01. The molecule has 0 spiro atoms. The van der Waals surface area contributed by atoms with Crippen molar-refractivity contribution < 1.29 is 13.2 Å². The third-order valence-corrected chi connectivity index (χ3v) is 4.02. The van der Waals surface area contributed by atoms with E-state index in [2.05, 4.69) is 20.1 Å². The summed E-state index contributed by atoms with van der Waals surface area (Å²) in [6, 6.07) is 1.75. The molecule has 148 valence electrons. The molecule has 27 heavy (non-hydrogen) atoms. The van der Waals surface area contributed by atoms with Crippen LogP contribution in [0.3, 0.4) is 0 Å². The summed E-state index contributed by atoms with van der Waals surface area (Å²) in [6.45, 7) is 2.32. The number of piperazine rings is 1. The number of alkyl halides is 3. The lowest BCUT2D eigenvalue weighted by Crippen LogP contribution is -2.51. The van der Waals surface area contributed by atoms with E-state index >= 15 is 0 Å². The molecule has 12 heteroatoms. The lowest BCUT2D eigenvalue weighted by atomic mass is 10.2. The summed E-state index contributed by atoms with van der Waals surface area (Å²) < 4.78 is 40.0. The zero-order chi connectivity index (χ0) is 18.7. The van der Waals surface area contributed by atoms with E-state index in [1.165, 1.54) is 13.2 Å². The fourth-order valence-corrected chi connectivity index (χ4v) is 2.75. The minimum absolute atomic E-state index is 0. The maximum atomic E-state index is 13.0. The van der Waals surface area contributed by atoms with E-state index in [0.717, 1.165) is 4.68 Å². The quantitative estimate of drug-likeness (QED) is 0.394. The van der Waals surface area contributed by atoms with Crippen molar-refractivity contribution >= 4 is 35.9 Å². The van der Waals surface area contributed by atoms with Gasteiger partial charge in [0.15, 0.2) is 11.7 Å². The van der Waals surface area contributed by atoms with Crippen molar-refractivity contribution in [3.8, 4) is 0 Å². The van der Waals surface area contributed by atoms with Crippen LogP contribution in [-0.4, -0.2) is 56.8 Å². The molecule has 3 heterocycles. The number of rotatable bonds is 3. The number of halogens is 4. The SMILES string of the molecule is Cn1cc(CN=C(N)N2CCN(c3ncccn3)CC2)c(C(F)(F)F)n1.I. The fourth-order valence-electron chi connectivity index (χ4n) is 2.75. The predicted octanol–water partition coefficient (Wildman–Crippen LogP) is 1.48. The fraction of sp³-hybridized carbons (Fsp3) is 0.467. The van der Waals surface area contributed by atoms with E-state index in [1.807, 2.05) is 9.80 Å². The molecule has 0 aromatic carbocycles. The van der Waals surface area contributed by atoms with E-state index in [9.17, 15) is 13.2 Å². The molecule has 0 radical (unpaired) electrons. The summed E-state index contributed by atoms with van der Waals surface area (Å²) in [5.74, 6) is 0.864. The normalized spacial score (nSPS) is 15.6. The highest BCUT2D eigenvalue weighted by Crippen LogP contribution is 2.30. The van der Waals surface area contributed by atoms with Gasteiger partial charge in [-0.05, 0) is 6.07 Å². The van der Waals surface area contributed by atoms with Gasteiger partial charge in [0.05, 0.1) is 6.54 Å². The standard InChI is InChI=1S/C15H19F3N8.HI/c1-24-10-11(12(23-24)15(16,17)18)9-22-13(19)25-5-7-26(8-6-25)14-20-3-2-4-21-14;/h2-4,10H,5-9H2,1H3,(H2,19,22);1H. The number of nitrogens with zero attached hydrogens (tertiary/aromatic N) is 7. The number of aryl methyl sites for hydroxylation is 1. The van der Waals surface area contributed by atoms with Crippen LogP contribution in [0.4, 0.5) is 19.1 Å². The van der Waals surface area contributed by atoms with Crippen LogP contribution < -0.4 is 10.6 Å². The number of hydrogen-bond acceptors (Lipinski definition) is 5. The molecular formula is C15H20F3IN8. The van der Waals surface area contributed by atoms with Crippen LogP contribution in [0, 0.1) is 0 Å². The van der Waals surface area contributed by atoms with Gasteiger partial charge in [0, 0.05) is 57.4 Å². The van der Waals surface area contributed by atoms with Gasteiger partial charge in [-0.3, -0.25) is 4.68 Å². The average molecular weight is 496 g/mol. The third kappa shape index (κ3) is 5.20. The average Bonchev–Trinajstić information content (AvgIpc) is 3.02. The zero-order valence-corrected chi connectivity index (χ0v) is 16.9. The Kier molecular flexibility index (Phi) is 6.84. The van der Waals surface area contributed by atoms with Crippen molar-refractivity contribution in [1.82, 2.24) is 24.6 Å². The second-order valence-corrected chi connectivity index (χ2v) is 5.87. The topological polar surface area (TPSA) is 88.5 Å². The van der Waals surface area contributed by atoms with E-state index in [0.29, 0.717) is 32.1 Å². The van der Waals surface area contributed by atoms with Gasteiger partial charge in [-0.25, -0.2) is 15.0 Å². The molecule has 2 N–H and O–H groups in total. The van der Waals surface area contributed by atoms with Crippen LogP contribution >= 0.6 is 24.0 Å². The number of aromatic nitrogens is 4. The predicted molar refractivity (Wildman–Crippen MR) is 105 cm³/mol. The van der Waals surface area contributed by atoms with Crippen molar-refractivity contribution in [1.29, 1.82) is 0 Å². The number of guanidine groups is 1. The highest BCUT2D eigenvalue weighted by atomic mass is 127. The summed E-state index contributed by atoms with van der Waals surface area (Å²) in [5, 5.41) is 3.46. The van der Waals surface area contributed by atoms with Crippen LogP contribution in [0.15, 0.2) is 29.6 Å². The van der Waals surface area contributed by atoms with Crippen molar-refractivity contribution in [2.45, 2.75) is 12.7 Å². The van der Waals surface area contributed by atoms with Gasteiger partial charge >= 0.3 is 6.18 Å². The second-order valence-electron chi connectivity index (χ2n) is 5.87. The van der Waals surface area contributed by atoms with Gasteiger partial charge in [0.25, 0.3) is 0 Å². The maximum Gasteiger partial charge on any atom is 0.435 e. The van der Waals surface area contributed by atoms with Crippen LogP contribution in [0.25, 0.3) is 0 Å². The highest BCUT2D eigenvalue weighted by Gasteiger charge is 2.36. The van der Waals surface area contributed by atoms with Gasteiger partial charge in [0.2, 0.25) is 5.95 Å². The number of nitrogens with two attached hydrogens (primary N) is 1. The molecule has 2 aromatic rings. The molecule has 8 nitrogen and oxygen atoms in total. The van der Waals surface area contributed by atoms with Gasteiger partial charge in [-0.15, -0.1) is 24.0 Å². The summed E-state index contributed by atoms with van der Waals surface area (Å²) in [5.41, 5.74) is 5.04. The van der Waals surface area contributed by atoms with Crippen LogP contribution in [0.5, 0.6) is 0 Å². The molecule has 1 aliphatic heterocycles. The van der Waals surface area contributed by atoms with Gasteiger partial charge in [-0.2, -0.15) is 18.3 Å². The van der Waals surface area contributed by atoms with E-state index in [4.69, 9.17) is 5.73 Å². The lowest BCUT2D eigenvalue weighted by molar-refractivity contribution is -0.142. The summed E-state index contributed by atoms with van der Waals surface area (Å²) in [6.07, 6.45) is 0.153. The third-order valence-electron chi connectivity index (χ3n) is 4.02. The molecule has 1 saturated heterocycles. The monoisotopic (exact) mass is 496 g/mol. The first-order chi connectivity index (χ1) is 12.3. The Morgan fingerprint density at radius 1 is 1.19 bits per heavy atom. The van der Waals surface area contributed by atoms with Gasteiger partial charge in [-0.1, -0.05) is 0 Å². The molecular weight excluding hydrogens is 476 g/mol. The molecule has 0 atom stereocenters. The molecule has 0 aliphatic carbocycles. The maximum absolute atomic E-state index is 13.0. The first-order valence-corrected chi connectivity index (χ1v) is 8.01. The Balaban J connectivity index is 0.00000261. The Bertz CT molecular complexity index is 769. The Morgan fingerprint density at radius 3 is 2.41 bits per heavy atom. The molecule has 3 rings (SSSR count).